The highest BCUT2D eigenvalue weighted by molar-refractivity contribution is 6.03. The molecular formula is C27H31F4N5O4. The first kappa shape index (κ1) is 29.3. The van der Waals surface area contributed by atoms with Gasteiger partial charge in [-0.15, -0.1) is 0 Å². The van der Waals surface area contributed by atoms with E-state index < -0.39 is 65.1 Å². The molecule has 1 aromatic carbocycles. The summed E-state index contributed by atoms with van der Waals surface area (Å²) >= 11 is 0. The molecule has 1 aliphatic carbocycles. The van der Waals surface area contributed by atoms with Crippen molar-refractivity contribution in [1.29, 1.82) is 5.26 Å². The number of halogens is 4. The number of likely N-dealkylation sites (tertiary alicyclic amines) is 1. The van der Waals surface area contributed by atoms with E-state index in [4.69, 9.17) is 0 Å². The van der Waals surface area contributed by atoms with Crippen LogP contribution >= 0.6 is 0 Å². The van der Waals surface area contributed by atoms with Crippen molar-refractivity contribution in [2.75, 3.05) is 11.9 Å². The molecule has 2 heterocycles. The average Bonchev–Trinajstić information content (AvgIpc) is 3.14. The molecule has 40 heavy (non-hydrogen) atoms. The number of nitriles is 1. The van der Waals surface area contributed by atoms with E-state index in [0.29, 0.717) is 11.3 Å². The summed E-state index contributed by atoms with van der Waals surface area (Å²) in [4.78, 5) is 52.6. The lowest BCUT2D eigenvalue weighted by molar-refractivity contribution is -0.176. The molecule has 6 atom stereocenters. The van der Waals surface area contributed by atoms with E-state index in [1.54, 1.807) is 5.32 Å². The predicted octanol–water partition coefficient (Wildman–Crippen LogP) is 2.84. The summed E-state index contributed by atoms with van der Waals surface area (Å²) in [6, 6.07) is 1.87. The number of nitrogens with one attached hydrogen (secondary N) is 3. The molecule has 0 aromatic heterocycles. The van der Waals surface area contributed by atoms with Gasteiger partial charge in [0.1, 0.15) is 23.9 Å². The Morgan fingerprint density at radius 1 is 1.20 bits per heavy atom. The van der Waals surface area contributed by atoms with Gasteiger partial charge in [-0.3, -0.25) is 19.2 Å². The van der Waals surface area contributed by atoms with Gasteiger partial charge >= 0.3 is 12.1 Å². The third-order valence-electron chi connectivity index (χ3n) is 8.31. The molecule has 4 amide bonds. The first-order valence-electron chi connectivity index (χ1n) is 12.9. The second kappa shape index (κ2) is 9.74. The second-order valence-corrected chi connectivity index (χ2v) is 12.4. The molecule has 3 aliphatic rings. The van der Waals surface area contributed by atoms with Crippen molar-refractivity contribution in [3.63, 3.8) is 0 Å². The van der Waals surface area contributed by atoms with Crippen molar-refractivity contribution >= 4 is 29.3 Å². The molecule has 0 spiro atoms. The Bertz CT molecular complexity index is 1300. The summed E-state index contributed by atoms with van der Waals surface area (Å²) < 4.78 is 52.9. The molecule has 13 heteroatoms. The zero-order valence-electron chi connectivity index (χ0n) is 22.6. The van der Waals surface area contributed by atoms with E-state index in [9.17, 15) is 42.0 Å². The van der Waals surface area contributed by atoms with Gasteiger partial charge in [0.15, 0.2) is 0 Å². The van der Waals surface area contributed by atoms with Gasteiger partial charge in [0.05, 0.1) is 12.0 Å². The van der Waals surface area contributed by atoms with E-state index in [1.807, 2.05) is 19.9 Å². The Morgan fingerprint density at radius 2 is 1.85 bits per heavy atom. The van der Waals surface area contributed by atoms with E-state index in [2.05, 4.69) is 10.6 Å². The Labute approximate surface area is 228 Å². The molecular weight excluding hydrogens is 534 g/mol. The summed E-state index contributed by atoms with van der Waals surface area (Å²) in [5.41, 5.74) is -0.692. The highest BCUT2D eigenvalue weighted by Gasteiger charge is 2.70. The van der Waals surface area contributed by atoms with Crippen LogP contribution in [0.25, 0.3) is 0 Å². The largest absolute Gasteiger partial charge is 0.471 e. The number of nitrogens with zero attached hydrogens (tertiary/aromatic N) is 2. The number of amides is 4. The van der Waals surface area contributed by atoms with Crippen molar-refractivity contribution in [3.8, 4) is 6.07 Å². The number of benzene rings is 1. The summed E-state index contributed by atoms with van der Waals surface area (Å²) in [5.74, 6) is -6.13. The van der Waals surface area contributed by atoms with Crippen LogP contribution in [0.5, 0.6) is 0 Å². The van der Waals surface area contributed by atoms with Crippen molar-refractivity contribution in [2.45, 2.75) is 71.3 Å². The number of rotatable bonds is 6. The van der Waals surface area contributed by atoms with Gasteiger partial charge in [0.2, 0.25) is 17.7 Å². The molecule has 3 N–H and O–H groups in total. The van der Waals surface area contributed by atoms with Crippen LogP contribution in [-0.4, -0.2) is 59.4 Å². The topological polar surface area (TPSA) is 131 Å². The number of carbonyl (C=O) groups is 4. The van der Waals surface area contributed by atoms with Crippen LogP contribution in [0.2, 0.25) is 0 Å². The molecule has 4 rings (SSSR count). The number of piperidine rings is 1. The molecule has 9 nitrogen and oxygen atoms in total. The summed E-state index contributed by atoms with van der Waals surface area (Å²) in [5, 5.41) is 16.8. The lowest BCUT2D eigenvalue weighted by Crippen LogP contribution is -2.61. The number of fused-ring (bicyclic) bond motifs is 2. The number of carbonyl (C=O) groups excluding carboxylic acids is 4. The van der Waals surface area contributed by atoms with Crippen LogP contribution in [0.4, 0.5) is 23.2 Å². The van der Waals surface area contributed by atoms with Crippen molar-refractivity contribution < 1.29 is 36.7 Å². The number of alkyl halides is 3. The summed E-state index contributed by atoms with van der Waals surface area (Å²) in [6.07, 6.45) is -5.36. The lowest BCUT2D eigenvalue weighted by atomic mass is 9.85. The SMILES string of the molecule is CC(C)(C)C(NC(=O)C(F)(F)F)C(=O)N1CC2C(C1C(=O)NC(C#N)CC1C(=O)Nc3ccc(F)cc31)C2(C)C. The Balaban J connectivity index is 1.55. The number of hydrogen-bond donors (Lipinski definition) is 3. The standard InChI is InChI=1S/C27H31F4N5O4/c1-25(2,3)20(35-24(40)27(29,30)31)23(39)36-11-16-18(26(16,4)5)19(36)22(38)33-13(10-32)9-15-14-8-12(28)6-7-17(14)34-21(15)37/h6-8,13,15-16,18-20H,9,11H2,1-5H3,(H,33,38)(H,34,37)(H,35,40). The molecule has 1 aromatic rings. The fraction of sp³-hybridized carbons (Fsp3) is 0.593. The maximum absolute atomic E-state index is 13.8. The van der Waals surface area contributed by atoms with Crippen LogP contribution in [-0.2, 0) is 19.2 Å². The molecule has 0 bridgehead atoms. The minimum absolute atomic E-state index is 0.0952. The molecule has 1 saturated carbocycles. The van der Waals surface area contributed by atoms with E-state index in [-0.39, 0.29) is 30.2 Å². The van der Waals surface area contributed by atoms with Crippen LogP contribution < -0.4 is 16.0 Å². The third-order valence-corrected chi connectivity index (χ3v) is 8.31. The quantitative estimate of drug-likeness (QED) is 0.457. The Kier molecular flexibility index (Phi) is 7.14. The third kappa shape index (κ3) is 5.23. The van der Waals surface area contributed by atoms with Crippen LogP contribution in [0, 0.1) is 39.8 Å². The van der Waals surface area contributed by atoms with Crippen molar-refractivity contribution in [3.05, 3.63) is 29.6 Å². The maximum Gasteiger partial charge on any atom is 0.471 e. The van der Waals surface area contributed by atoms with Gasteiger partial charge in [0.25, 0.3) is 0 Å². The zero-order chi connectivity index (χ0) is 29.9. The van der Waals surface area contributed by atoms with Crippen LogP contribution in [0.15, 0.2) is 18.2 Å². The lowest BCUT2D eigenvalue weighted by Gasteiger charge is -2.37. The first-order chi connectivity index (χ1) is 18.4. The van der Waals surface area contributed by atoms with Crippen molar-refractivity contribution in [2.24, 2.45) is 22.7 Å². The van der Waals surface area contributed by atoms with Gasteiger partial charge in [-0.05, 0) is 52.8 Å². The minimum atomic E-state index is -5.20. The molecule has 216 valence electrons. The molecule has 1 saturated heterocycles. The molecule has 0 radical (unpaired) electrons. The summed E-state index contributed by atoms with van der Waals surface area (Å²) in [6.45, 7) is 8.42. The van der Waals surface area contributed by atoms with Gasteiger partial charge in [0, 0.05) is 12.2 Å². The normalized spacial score (nSPS) is 26.1. The average molecular weight is 566 g/mol. The molecule has 2 aliphatic heterocycles. The fourth-order valence-electron chi connectivity index (χ4n) is 6.01. The Hall–Kier alpha value is -3.69. The van der Waals surface area contributed by atoms with Crippen molar-refractivity contribution in [1.82, 2.24) is 15.5 Å². The van der Waals surface area contributed by atoms with Gasteiger partial charge in [-0.1, -0.05) is 34.6 Å². The minimum Gasteiger partial charge on any atom is -0.339 e. The molecule has 6 unspecified atom stereocenters. The van der Waals surface area contributed by atoms with E-state index >= 15 is 0 Å². The predicted molar refractivity (Wildman–Crippen MR) is 134 cm³/mol. The Morgan fingerprint density at radius 3 is 2.42 bits per heavy atom. The van der Waals surface area contributed by atoms with Gasteiger partial charge in [-0.2, -0.15) is 18.4 Å². The smallest absolute Gasteiger partial charge is 0.339 e. The van der Waals surface area contributed by atoms with Gasteiger partial charge < -0.3 is 20.9 Å². The summed E-state index contributed by atoms with van der Waals surface area (Å²) in [7, 11) is 0. The highest BCUT2D eigenvalue weighted by atomic mass is 19.4. The van der Waals surface area contributed by atoms with Gasteiger partial charge in [-0.25, -0.2) is 4.39 Å². The highest BCUT2D eigenvalue weighted by Crippen LogP contribution is 2.65. The number of hydrogen-bond acceptors (Lipinski definition) is 5. The monoisotopic (exact) mass is 565 g/mol. The van der Waals surface area contributed by atoms with Crippen LogP contribution in [0.1, 0.15) is 52.5 Å². The fourth-order valence-corrected chi connectivity index (χ4v) is 6.01. The van der Waals surface area contributed by atoms with E-state index in [1.165, 1.54) is 43.9 Å². The molecule has 2 fully saturated rings. The first-order valence-corrected chi connectivity index (χ1v) is 12.9. The van der Waals surface area contributed by atoms with Crippen LogP contribution in [0.3, 0.4) is 0 Å². The number of anilines is 1. The van der Waals surface area contributed by atoms with E-state index in [0.717, 1.165) is 0 Å². The zero-order valence-corrected chi connectivity index (χ0v) is 22.6. The maximum atomic E-state index is 13.8. The second-order valence-electron chi connectivity index (χ2n) is 12.4.